The van der Waals surface area contributed by atoms with E-state index in [1.54, 1.807) is 13.1 Å². The SMILES string of the molecule is Cn1c(Cn2nc3c(cc2=O)CCCC3)cc(=O)n(C)c1=O. The molecule has 22 heavy (non-hydrogen) atoms. The quantitative estimate of drug-likeness (QED) is 0.754. The molecule has 0 N–H and O–H groups in total. The second kappa shape index (κ2) is 5.40. The minimum absolute atomic E-state index is 0.119. The Morgan fingerprint density at radius 1 is 1.00 bits per heavy atom. The van der Waals surface area contributed by atoms with Crippen molar-refractivity contribution < 1.29 is 0 Å². The third-order valence-electron chi connectivity index (χ3n) is 4.21. The molecule has 0 unspecified atom stereocenters. The zero-order chi connectivity index (χ0) is 15.9. The van der Waals surface area contributed by atoms with Gasteiger partial charge in [-0.25, -0.2) is 9.48 Å². The largest absolute Gasteiger partial charge is 0.330 e. The molecule has 0 fully saturated rings. The molecule has 3 rings (SSSR count). The van der Waals surface area contributed by atoms with Gasteiger partial charge in [0.15, 0.2) is 0 Å². The molecular weight excluding hydrogens is 284 g/mol. The summed E-state index contributed by atoms with van der Waals surface area (Å²) in [4.78, 5) is 35.9. The fourth-order valence-corrected chi connectivity index (χ4v) is 2.80. The van der Waals surface area contributed by atoms with E-state index in [4.69, 9.17) is 0 Å². The molecule has 0 aromatic carbocycles. The molecule has 0 radical (unpaired) electrons. The average Bonchev–Trinajstić information content (AvgIpc) is 2.51. The summed E-state index contributed by atoms with van der Waals surface area (Å²) in [5.41, 5.74) is 1.44. The zero-order valence-electron chi connectivity index (χ0n) is 12.7. The smallest absolute Gasteiger partial charge is 0.299 e. The van der Waals surface area contributed by atoms with E-state index in [9.17, 15) is 14.4 Å². The van der Waals surface area contributed by atoms with Crippen LogP contribution in [-0.2, 0) is 33.5 Å². The second-order valence-electron chi connectivity index (χ2n) is 5.69. The lowest BCUT2D eigenvalue weighted by atomic mass is 9.97. The van der Waals surface area contributed by atoms with Gasteiger partial charge in [0, 0.05) is 31.9 Å². The molecular formula is C15H18N4O3. The van der Waals surface area contributed by atoms with E-state index in [1.807, 2.05) is 0 Å². The third-order valence-corrected chi connectivity index (χ3v) is 4.21. The van der Waals surface area contributed by atoms with Gasteiger partial charge in [-0.05, 0) is 31.2 Å². The first-order valence-corrected chi connectivity index (χ1v) is 7.33. The minimum Gasteiger partial charge on any atom is -0.299 e. The van der Waals surface area contributed by atoms with Crippen molar-refractivity contribution in [1.82, 2.24) is 18.9 Å². The van der Waals surface area contributed by atoms with E-state index >= 15 is 0 Å². The molecule has 0 amide bonds. The summed E-state index contributed by atoms with van der Waals surface area (Å²) in [5, 5.41) is 4.41. The summed E-state index contributed by atoms with van der Waals surface area (Å²) in [7, 11) is 3.01. The summed E-state index contributed by atoms with van der Waals surface area (Å²) in [6, 6.07) is 3.00. The van der Waals surface area contributed by atoms with E-state index in [0.29, 0.717) is 5.69 Å². The fourth-order valence-electron chi connectivity index (χ4n) is 2.80. The van der Waals surface area contributed by atoms with Crippen molar-refractivity contribution in [2.75, 3.05) is 0 Å². The maximum absolute atomic E-state index is 12.2. The molecule has 0 bridgehead atoms. The van der Waals surface area contributed by atoms with Gasteiger partial charge in [0.25, 0.3) is 11.1 Å². The summed E-state index contributed by atoms with van der Waals surface area (Å²) < 4.78 is 3.74. The van der Waals surface area contributed by atoms with Crippen LogP contribution in [0.15, 0.2) is 26.5 Å². The van der Waals surface area contributed by atoms with Crippen LogP contribution in [0.25, 0.3) is 0 Å². The van der Waals surface area contributed by atoms with Gasteiger partial charge in [-0.2, -0.15) is 5.10 Å². The maximum atomic E-state index is 12.2. The van der Waals surface area contributed by atoms with Crippen LogP contribution in [0.1, 0.15) is 29.8 Å². The van der Waals surface area contributed by atoms with Gasteiger partial charge >= 0.3 is 5.69 Å². The molecule has 2 heterocycles. The van der Waals surface area contributed by atoms with Gasteiger partial charge < -0.3 is 0 Å². The lowest BCUT2D eigenvalue weighted by molar-refractivity contribution is 0.545. The van der Waals surface area contributed by atoms with Gasteiger partial charge in [-0.3, -0.25) is 18.7 Å². The Balaban J connectivity index is 2.06. The Morgan fingerprint density at radius 3 is 2.50 bits per heavy atom. The molecule has 2 aromatic rings. The topological polar surface area (TPSA) is 78.9 Å². The van der Waals surface area contributed by atoms with Crippen LogP contribution in [0.2, 0.25) is 0 Å². The second-order valence-corrected chi connectivity index (χ2v) is 5.69. The molecule has 7 nitrogen and oxygen atoms in total. The molecule has 0 spiro atoms. The summed E-state index contributed by atoms with van der Waals surface area (Å²) in [5.74, 6) is 0. The molecule has 2 aromatic heterocycles. The van der Waals surface area contributed by atoms with E-state index in [-0.39, 0.29) is 17.7 Å². The van der Waals surface area contributed by atoms with Gasteiger partial charge in [-0.1, -0.05) is 0 Å². The van der Waals surface area contributed by atoms with Crippen molar-refractivity contribution in [2.24, 2.45) is 14.1 Å². The van der Waals surface area contributed by atoms with Crippen molar-refractivity contribution >= 4 is 0 Å². The number of aromatic nitrogens is 4. The lowest BCUT2D eigenvalue weighted by Gasteiger charge is -2.16. The van der Waals surface area contributed by atoms with Gasteiger partial charge in [0.1, 0.15) is 0 Å². The van der Waals surface area contributed by atoms with E-state index in [0.717, 1.165) is 41.5 Å². The normalized spacial score (nSPS) is 13.9. The highest BCUT2D eigenvalue weighted by atomic mass is 16.2. The highest BCUT2D eigenvalue weighted by Crippen LogP contribution is 2.16. The molecule has 7 heteroatoms. The molecule has 0 atom stereocenters. The first kappa shape index (κ1) is 14.5. The van der Waals surface area contributed by atoms with E-state index in [1.165, 1.54) is 22.4 Å². The third kappa shape index (κ3) is 2.43. The van der Waals surface area contributed by atoms with Crippen LogP contribution in [0, 0.1) is 0 Å². The van der Waals surface area contributed by atoms with Crippen LogP contribution >= 0.6 is 0 Å². The molecule has 0 aliphatic heterocycles. The predicted molar refractivity (Wildman–Crippen MR) is 81.2 cm³/mol. The highest BCUT2D eigenvalue weighted by Gasteiger charge is 2.14. The van der Waals surface area contributed by atoms with Gasteiger partial charge in [0.2, 0.25) is 0 Å². The van der Waals surface area contributed by atoms with Crippen molar-refractivity contribution in [2.45, 2.75) is 32.2 Å². The van der Waals surface area contributed by atoms with Crippen LogP contribution < -0.4 is 16.8 Å². The van der Waals surface area contributed by atoms with Crippen LogP contribution in [0.3, 0.4) is 0 Å². The fraction of sp³-hybridized carbons (Fsp3) is 0.467. The number of fused-ring (bicyclic) bond motifs is 1. The predicted octanol–water partition coefficient (Wildman–Crippen LogP) is -0.432. The Kier molecular flexibility index (Phi) is 3.56. The van der Waals surface area contributed by atoms with E-state index < -0.39 is 5.69 Å². The van der Waals surface area contributed by atoms with Crippen LogP contribution in [0.4, 0.5) is 0 Å². The number of hydrogen-bond donors (Lipinski definition) is 0. The van der Waals surface area contributed by atoms with Crippen molar-refractivity contribution in [3.05, 3.63) is 60.3 Å². The Morgan fingerprint density at radius 2 is 1.73 bits per heavy atom. The zero-order valence-corrected chi connectivity index (χ0v) is 12.7. The molecule has 0 saturated carbocycles. The molecule has 1 aliphatic carbocycles. The number of aryl methyl sites for hydroxylation is 2. The first-order chi connectivity index (χ1) is 10.5. The van der Waals surface area contributed by atoms with Crippen molar-refractivity contribution in [3.63, 3.8) is 0 Å². The Bertz CT molecular complexity index is 904. The van der Waals surface area contributed by atoms with E-state index in [2.05, 4.69) is 5.10 Å². The summed E-state index contributed by atoms with van der Waals surface area (Å²) in [6.45, 7) is 0.119. The monoisotopic (exact) mass is 302 g/mol. The standard InChI is InChI=1S/C15H18N4O3/c1-17-11(8-13(20)18(2)15(17)22)9-19-14(21)7-10-5-3-4-6-12(10)16-19/h7-8H,3-6,9H2,1-2H3. The number of hydrogen-bond acceptors (Lipinski definition) is 4. The summed E-state index contributed by atoms with van der Waals surface area (Å²) >= 11 is 0. The van der Waals surface area contributed by atoms with Gasteiger partial charge in [0.05, 0.1) is 12.2 Å². The van der Waals surface area contributed by atoms with Crippen LogP contribution in [0.5, 0.6) is 0 Å². The minimum atomic E-state index is -0.409. The van der Waals surface area contributed by atoms with Crippen molar-refractivity contribution in [1.29, 1.82) is 0 Å². The Hall–Kier alpha value is -2.44. The van der Waals surface area contributed by atoms with Gasteiger partial charge in [-0.15, -0.1) is 0 Å². The van der Waals surface area contributed by atoms with Crippen LogP contribution in [-0.4, -0.2) is 18.9 Å². The molecule has 1 aliphatic rings. The highest BCUT2D eigenvalue weighted by molar-refractivity contribution is 5.20. The number of rotatable bonds is 2. The molecule has 116 valence electrons. The first-order valence-electron chi connectivity index (χ1n) is 7.33. The Labute approximate surface area is 126 Å². The maximum Gasteiger partial charge on any atom is 0.330 e. The molecule has 0 saturated heterocycles. The average molecular weight is 302 g/mol. The van der Waals surface area contributed by atoms with Crippen molar-refractivity contribution in [3.8, 4) is 0 Å². The lowest BCUT2D eigenvalue weighted by Crippen LogP contribution is -2.39. The summed E-state index contributed by atoms with van der Waals surface area (Å²) in [6.07, 6.45) is 3.91. The number of nitrogens with zero attached hydrogens (tertiary/aromatic N) is 4.